The van der Waals surface area contributed by atoms with Crippen molar-refractivity contribution in [2.75, 3.05) is 0 Å². The largest absolute Gasteiger partial charge is 0.487 e. The number of rotatable bonds is 9. The Kier molecular flexibility index (Phi) is 7.51. The van der Waals surface area contributed by atoms with Crippen molar-refractivity contribution in [3.8, 4) is 17.2 Å². The van der Waals surface area contributed by atoms with Crippen molar-refractivity contribution in [1.29, 1.82) is 0 Å². The first kappa shape index (κ1) is 25.8. The van der Waals surface area contributed by atoms with E-state index in [0.29, 0.717) is 22.8 Å². The summed E-state index contributed by atoms with van der Waals surface area (Å²) in [5, 5.41) is 0. The molecule has 0 saturated carbocycles. The fourth-order valence-electron chi connectivity index (χ4n) is 3.69. The lowest BCUT2D eigenvalue weighted by molar-refractivity contribution is -0.137. The van der Waals surface area contributed by atoms with Crippen molar-refractivity contribution < 1.29 is 26.8 Å². The van der Waals surface area contributed by atoms with Gasteiger partial charge >= 0.3 is 17.6 Å². The topological polar surface area (TPSA) is 103 Å². The highest BCUT2D eigenvalue weighted by atomic mass is 19.4. The van der Waals surface area contributed by atoms with Crippen LogP contribution in [0.5, 0.6) is 5.75 Å². The molecule has 0 amide bonds. The molecule has 4 rings (SSSR count). The maximum atomic E-state index is 12.8. The second-order valence-corrected chi connectivity index (χ2v) is 8.26. The quantitative estimate of drug-likeness (QED) is 0.312. The summed E-state index contributed by atoms with van der Waals surface area (Å²) >= 11 is 0. The third-order valence-corrected chi connectivity index (χ3v) is 5.58. The Balaban J connectivity index is 1.48. The van der Waals surface area contributed by atoms with Gasteiger partial charge in [-0.25, -0.2) is 19.6 Å². The zero-order valence-corrected chi connectivity index (χ0v) is 20.1. The fraction of sp³-hybridized carbons (Fsp3) is 0.269. The summed E-state index contributed by atoms with van der Waals surface area (Å²) in [4.78, 5) is 29.3. The lowest BCUT2D eigenvalue weighted by atomic mass is 10.0. The number of halogens is 3. The molecule has 0 aliphatic carbocycles. The first-order valence-electron chi connectivity index (χ1n) is 11.5. The SMILES string of the molecule is CCC/C(=C\Cn1oc(=O)[nH]c1=O)c1cccc(OCc2nc(-c3ccc(C(F)(F)F)cc3)oc2C)c1. The van der Waals surface area contributed by atoms with Crippen LogP contribution in [0, 0.1) is 6.92 Å². The highest BCUT2D eigenvalue weighted by Gasteiger charge is 2.30. The maximum Gasteiger partial charge on any atom is 0.440 e. The molecule has 0 spiro atoms. The lowest BCUT2D eigenvalue weighted by Gasteiger charge is -2.10. The van der Waals surface area contributed by atoms with E-state index in [0.717, 1.165) is 40.9 Å². The van der Waals surface area contributed by atoms with E-state index in [1.165, 1.54) is 12.1 Å². The average molecular weight is 515 g/mol. The summed E-state index contributed by atoms with van der Waals surface area (Å²) in [5.41, 5.74) is 1.41. The molecule has 37 heavy (non-hydrogen) atoms. The van der Waals surface area contributed by atoms with Crippen LogP contribution in [0.1, 0.15) is 42.3 Å². The molecule has 1 N–H and O–H groups in total. The number of benzene rings is 2. The van der Waals surface area contributed by atoms with E-state index in [1.54, 1.807) is 13.0 Å². The number of aromatic amines is 1. The third-order valence-electron chi connectivity index (χ3n) is 5.58. The first-order valence-corrected chi connectivity index (χ1v) is 11.5. The third kappa shape index (κ3) is 6.29. The van der Waals surface area contributed by atoms with Crippen LogP contribution in [0.25, 0.3) is 17.0 Å². The van der Waals surface area contributed by atoms with Gasteiger partial charge in [-0.1, -0.05) is 31.6 Å². The molecule has 0 radical (unpaired) electrons. The van der Waals surface area contributed by atoms with Crippen molar-refractivity contribution >= 4 is 5.57 Å². The summed E-state index contributed by atoms with van der Waals surface area (Å²) in [6.07, 6.45) is -1.02. The van der Waals surface area contributed by atoms with Gasteiger partial charge in [0, 0.05) is 5.56 Å². The number of aryl methyl sites for hydroxylation is 1. The molecule has 2 heterocycles. The molecule has 194 valence electrons. The van der Waals surface area contributed by atoms with Crippen molar-refractivity contribution in [3.63, 3.8) is 0 Å². The van der Waals surface area contributed by atoms with Crippen LogP contribution >= 0.6 is 0 Å². The number of aromatic nitrogens is 3. The molecule has 0 unspecified atom stereocenters. The minimum atomic E-state index is -4.42. The molecule has 2 aromatic heterocycles. The molecule has 0 bridgehead atoms. The zero-order valence-electron chi connectivity index (χ0n) is 20.1. The van der Waals surface area contributed by atoms with Gasteiger partial charge in [0.15, 0.2) is 0 Å². The Morgan fingerprint density at radius 2 is 1.92 bits per heavy atom. The van der Waals surface area contributed by atoms with E-state index in [1.807, 2.05) is 36.2 Å². The molecule has 4 aromatic rings. The molecule has 0 fully saturated rings. The normalized spacial score (nSPS) is 12.2. The minimum Gasteiger partial charge on any atom is -0.487 e. The summed E-state index contributed by atoms with van der Waals surface area (Å²) in [6.45, 7) is 3.93. The summed E-state index contributed by atoms with van der Waals surface area (Å²) in [6, 6.07) is 12.0. The van der Waals surface area contributed by atoms with Gasteiger partial charge in [0.2, 0.25) is 5.89 Å². The highest BCUT2D eigenvalue weighted by molar-refractivity contribution is 5.66. The Morgan fingerprint density at radius 1 is 1.16 bits per heavy atom. The van der Waals surface area contributed by atoms with E-state index < -0.39 is 23.2 Å². The van der Waals surface area contributed by atoms with Gasteiger partial charge in [-0.15, -0.1) is 4.74 Å². The predicted octanol–water partition coefficient (Wildman–Crippen LogP) is 5.57. The van der Waals surface area contributed by atoms with E-state index in [-0.39, 0.29) is 19.0 Å². The molecule has 11 heteroatoms. The number of nitrogens with zero attached hydrogens (tertiary/aromatic N) is 2. The standard InChI is InChI=1S/C26H24F3N3O5/c1-3-5-17(12-13-32-24(33)31-25(34)37-32)19-6-4-7-21(14-19)35-15-22-16(2)36-23(30-22)18-8-10-20(11-9-18)26(27,28)29/h4,6-12,14H,3,5,13,15H2,1-2H3,(H,31,33,34)/b17-12+. The first-order chi connectivity index (χ1) is 17.6. The van der Waals surface area contributed by atoms with Crippen LogP contribution in [0.4, 0.5) is 13.2 Å². The molecule has 0 atom stereocenters. The van der Waals surface area contributed by atoms with E-state index in [9.17, 15) is 22.8 Å². The van der Waals surface area contributed by atoms with Gasteiger partial charge in [-0.2, -0.15) is 13.2 Å². The van der Waals surface area contributed by atoms with E-state index >= 15 is 0 Å². The van der Waals surface area contributed by atoms with Crippen molar-refractivity contribution in [3.05, 3.63) is 98.2 Å². The summed E-state index contributed by atoms with van der Waals surface area (Å²) < 4.78 is 55.8. The number of nitrogens with one attached hydrogen (secondary N) is 1. The van der Waals surface area contributed by atoms with Crippen molar-refractivity contribution in [2.45, 2.75) is 46.0 Å². The average Bonchev–Trinajstić information content (AvgIpc) is 3.40. The van der Waals surface area contributed by atoms with Gasteiger partial charge < -0.3 is 13.7 Å². The van der Waals surface area contributed by atoms with E-state index in [4.69, 9.17) is 13.7 Å². The lowest BCUT2D eigenvalue weighted by Crippen LogP contribution is -2.16. The number of oxazole rings is 1. The highest BCUT2D eigenvalue weighted by Crippen LogP contribution is 2.31. The number of hydrogen-bond donors (Lipinski definition) is 1. The minimum absolute atomic E-state index is 0.0934. The fourth-order valence-corrected chi connectivity index (χ4v) is 3.69. The number of hydrogen-bond acceptors (Lipinski definition) is 6. The molecule has 8 nitrogen and oxygen atoms in total. The van der Waals surface area contributed by atoms with E-state index in [2.05, 4.69) is 4.98 Å². The second-order valence-electron chi connectivity index (χ2n) is 8.26. The van der Waals surface area contributed by atoms with Crippen LogP contribution < -0.4 is 16.2 Å². The molecule has 0 aliphatic rings. The van der Waals surface area contributed by atoms with Gasteiger partial charge in [0.1, 0.15) is 23.8 Å². The Labute approximate surface area is 209 Å². The molecule has 0 aliphatic heterocycles. The number of alkyl halides is 3. The monoisotopic (exact) mass is 515 g/mol. The van der Waals surface area contributed by atoms with Crippen LogP contribution in [0.3, 0.4) is 0 Å². The smallest absolute Gasteiger partial charge is 0.440 e. The summed E-state index contributed by atoms with van der Waals surface area (Å²) in [7, 11) is 0. The molecular formula is C26H24F3N3O5. The van der Waals surface area contributed by atoms with Gasteiger partial charge in [-0.05, 0) is 60.9 Å². The van der Waals surface area contributed by atoms with Crippen molar-refractivity contribution in [2.24, 2.45) is 0 Å². The van der Waals surface area contributed by atoms with Crippen LogP contribution in [0.15, 0.2) is 73.1 Å². The maximum absolute atomic E-state index is 12.8. The van der Waals surface area contributed by atoms with Crippen LogP contribution in [-0.4, -0.2) is 14.7 Å². The van der Waals surface area contributed by atoms with Crippen LogP contribution in [-0.2, 0) is 19.3 Å². The van der Waals surface area contributed by atoms with Crippen molar-refractivity contribution in [1.82, 2.24) is 14.7 Å². The van der Waals surface area contributed by atoms with Gasteiger partial charge in [-0.3, -0.25) is 0 Å². The number of ether oxygens (including phenoxy) is 1. The molecule has 2 aromatic carbocycles. The second kappa shape index (κ2) is 10.8. The number of H-pyrrole nitrogens is 1. The zero-order chi connectivity index (χ0) is 26.6. The Bertz CT molecular complexity index is 1510. The number of allylic oxidation sites excluding steroid dienone is 2. The molecular weight excluding hydrogens is 491 g/mol. The van der Waals surface area contributed by atoms with Crippen LogP contribution in [0.2, 0.25) is 0 Å². The van der Waals surface area contributed by atoms with Gasteiger partial charge in [0.25, 0.3) is 0 Å². The van der Waals surface area contributed by atoms with Gasteiger partial charge in [0.05, 0.1) is 12.1 Å². The Hall–Kier alpha value is -4.28. The summed E-state index contributed by atoms with van der Waals surface area (Å²) in [5.74, 6) is 0.466. The molecule has 0 saturated heterocycles. The Morgan fingerprint density at radius 3 is 2.57 bits per heavy atom. The predicted molar refractivity (Wildman–Crippen MR) is 129 cm³/mol.